The van der Waals surface area contributed by atoms with Crippen molar-refractivity contribution in [3.8, 4) is 11.4 Å². The number of hydrogen-bond donors (Lipinski definition) is 0. The minimum atomic E-state index is 0. The molecular weight excluding hydrogens is 251 g/mol. The fourth-order valence-electron chi connectivity index (χ4n) is 1.03. The van der Waals surface area contributed by atoms with Crippen LogP contribution in [0.4, 0.5) is 0 Å². The molecule has 0 aromatic carbocycles. The largest absolute Gasteiger partial charge is 3.00 e. The van der Waals surface area contributed by atoms with Crippen molar-refractivity contribution in [3.63, 3.8) is 0 Å². The molecule has 0 N–H and O–H groups in total. The van der Waals surface area contributed by atoms with Gasteiger partial charge >= 0.3 is 19.5 Å². The Kier molecular flexibility index (Phi) is 3.72. The molecule has 2 aromatic heterocycles. The van der Waals surface area contributed by atoms with Crippen molar-refractivity contribution in [3.05, 3.63) is 48.8 Å². The van der Waals surface area contributed by atoms with Gasteiger partial charge in [-0.15, -0.1) is 0 Å². The van der Waals surface area contributed by atoms with Crippen molar-refractivity contribution in [1.29, 1.82) is 0 Å². The number of nitrogens with zero attached hydrogens (tertiary/aromatic N) is 2. The van der Waals surface area contributed by atoms with Crippen LogP contribution in [0.5, 0.6) is 0 Å². The van der Waals surface area contributed by atoms with Crippen LogP contribution < -0.4 is 0 Å². The first kappa shape index (κ1) is 10.0. The van der Waals surface area contributed by atoms with Crippen LogP contribution >= 0.6 is 0 Å². The summed E-state index contributed by atoms with van der Waals surface area (Å²) in [6.07, 6.45) is 3.54. The Labute approximate surface area is 89.8 Å². The van der Waals surface area contributed by atoms with E-state index in [4.69, 9.17) is 0 Å². The van der Waals surface area contributed by atoms with Crippen molar-refractivity contribution < 1.29 is 19.5 Å². The summed E-state index contributed by atoms with van der Waals surface area (Å²) in [5.41, 5.74) is 1.83. The second-order valence-electron chi connectivity index (χ2n) is 2.43. The van der Waals surface area contributed by atoms with Gasteiger partial charge in [-0.3, -0.25) is 9.97 Å². The standard InChI is InChI=1S/C10H8N2.Rh/c1-3-7-11-9(5-1)10-6-2-4-8-12-10;/h1-8H;/q;+3. The van der Waals surface area contributed by atoms with Gasteiger partial charge in [0, 0.05) is 12.4 Å². The molecule has 0 fully saturated rings. The molecule has 0 aliphatic rings. The Morgan fingerprint density at radius 3 is 1.46 bits per heavy atom. The topological polar surface area (TPSA) is 25.8 Å². The molecule has 0 aliphatic heterocycles. The van der Waals surface area contributed by atoms with E-state index in [0.29, 0.717) is 0 Å². The van der Waals surface area contributed by atoms with Crippen molar-refractivity contribution in [2.45, 2.75) is 0 Å². The molecule has 0 bridgehead atoms. The predicted octanol–water partition coefficient (Wildman–Crippen LogP) is 2.14. The van der Waals surface area contributed by atoms with Crippen LogP contribution in [0.25, 0.3) is 11.4 Å². The quantitative estimate of drug-likeness (QED) is 0.733. The Balaban J connectivity index is 0.000000845. The van der Waals surface area contributed by atoms with E-state index < -0.39 is 0 Å². The number of aromatic nitrogens is 2. The van der Waals surface area contributed by atoms with E-state index in [2.05, 4.69) is 9.97 Å². The molecule has 3 heteroatoms. The molecule has 0 saturated heterocycles. The summed E-state index contributed by atoms with van der Waals surface area (Å²) < 4.78 is 0. The van der Waals surface area contributed by atoms with Gasteiger partial charge in [0.05, 0.1) is 11.4 Å². The molecule has 2 heterocycles. The van der Waals surface area contributed by atoms with Crippen LogP contribution in [0, 0.1) is 0 Å². The second kappa shape index (κ2) is 4.83. The molecular formula is C10H8N2Rh+3. The summed E-state index contributed by atoms with van der Waals surface area (Å²) in [7, 11) is 0. The molecule has 0 amide bonds. The normalized spacial score (nSPS) is 8.92. The molecule has 0 saturated carbocycles. The summed E-state index contributed by atoms with van der Waals surface area (Å²) in [5.74, 6) is 0. The van der Waals surface area contributed by atoms with Crippen LogP contribution in [0.2, 0.25) is 0 Å². The minimum absolute atomic E-state index is 0. The van der Waals surface area contributed by atoms with Gasteiger partial charge in [-0.25, -0.2) is 0 Å². The van der Waals surface area contributed by atoms with Gasteiger partial charge in [-0.2, -0.15) is 0 Å². The van der Waals surface area contributed by atoms with E-state index >= 15 is 0 Å². The maximum Gasteiger partial charge on any atom is 3.00 e. The van der Waals surface area contributed by atoms with Gasteiger partial charge in [-0.05, 0) is 24.3 Å². The molecule has 0 unspecified atom stereocenters. The zero-order valence-corrected chi connectivity index (χ0v) is 8.49. The van der Waals surface area contributed by atoms with E-state index in [-0.39, 0.29) is 19.5 Å². The average molecular weight is 259 g/mol. The molecule has 2 rings (SSSR count). The van der Waals surface area contributed by atoms with Gasteiger partial charge < -0.3 is 0 Å². The van der Waals surface area contributed by atoms with Crippen LogP contribution in [-0.4, -0.2) is 9.97 Å². The predicted molar refractivity (Wildman–Crippen MR) is 47.5 cm³/mol. The van der Waals surface area contributed by atoms with Gasteiger partial charge in [0.25, 0.3) is 0 Å². The fraction of sp³-hybridized carbons (Fsp3) is 0. The zero-order valence-electron chi connectivity index (χ0n) is 6.85. The molecule has 0 aliphatic carbocycles. The maximum atomic E-state index is 4.19. The first-order valence-electron chi connectivity index (χ1n) is 3.79. The van der Waals surface area contributed by atoms with E-state index in [9.17, 15) is 0 Å². The summed E-state index contributed by atoms with van der Waals surface area (Å²) in [6.45, 7) is 0. The first-order chi connectivity index (χ1) is 5.97. The van der Waals surface area contributed by atoms with E-state index in [1.165, 1.54) is 0 Å². The maximum absolute atomic E-state index is 4.19. The molecule has 64 valence electrons. The third-order valence-corrected chi connectivity index (χ3v) is 1.59. The molecule has 0 atom stereocenters. The van der Waals surface area contributed by atoms with E-state index in [1.807, 2.05) is 36.4 Å². The third kappa shape index (κ3) is 2.43. The fourth-order valence-corrected chi connectivity index (χ4v) is 1.03. The summed E-state index contributed by atoms with van der Waals surface area (Å²) in [5, 5.41) is 0. The van der Waals surface area contributed by atoms with Gasteiger partial charge in [0.15, 0.2) is 0 Å². The van der Waals surface area contributed by atoms with Crippen LogP contribution in [0.3, 0.4) is 0 Å². The molecule has 2 nitrogen and oxygen atoms in total. The van der Waals surface area contributed by atoms with E-state index in [1.54, 1.807) is 12.4 Å². The summed E-state index contributed by atoms with van der Waals surface area (Å²) in [4.78, 5) is 8.37. The Bertz CT molecular complexity index is 310. The molecule has 0 radical (unpaired) electrons. The van der Waals surface area contributed by atoms with Crippen molar-refractivity contribution in [1.82, 2.24) is 9.97 Å². The zero-order chi connectivity index (χ0) is 8.23. The smallest absolute Gasteiger partial charge is 0.255 e. The summed E-state index contributed by atoms with van der Waals surface area (Å²) >= 11 is 0. The van der Waals surface area contributed by atoms with E-state index in [0.717, 1.165) is 11.4 Å². The van der Waals surface area contributed by atoms with Crippen LogP contribution in [-0.2, 0) is 19.5 Å². The number of rotatable bonds is 1. The Morgan fingerprint density at radius 1 is 0.692 bits per heavy atom. The third-order valence-electron chi connectivity index (χ3n) is 1.59. The monoisotopic (exact) mass is 259 g/mol. The van der Waals surface area contributed by atoms with Crippen LogP contribution in [0.1, 0.15) is 0 Å². The van der Waals surface area contributed by atoms with Crippen LogP contribution in [0.15, 0.2) is 48.8 Å². The molecule has 13 heavy (non-hydrogen) atoms. The Hall–Kier alpha value is -1.08. The number of hydrogen-bond acceptors (Lipinski definition) is 2. The van der Waals surface area contributed by atoms with Gasteiger partial charge in [0.2, 0.25) is 0 Å². The minimum Gasteiger partial charge on any atom is -0.255 e. The van der Waals surface area contributed by atoms with Crippen molar-refractivity contribution >= 4 is 0 Å². The Morgan fingerprint density at radius 2 is 1.15 bits per heavy atom. The second-order valence-corrected chi connectivity index (χ2v) is 2.43. The molecule has 2 aromatic rings. The van der Waals surface area contributed by atoms with Gasteiger partial charge in [0.1, 0.15) is 0 Å². The van der Waals surface area contributed by atoms with Crippen molar-refractivity contribution in [2.24, 2.45) is 0 Å². The number of pyridine rings is 2. The average Bonchev–Trinajstić information content (AvgIpc) is 2.21. The van der Waals surface area contributed by atoms with Crippen molar-refractivity contribution in [2.75, 3.05) is 0 Å². The SMILES string of the molecule is [Rh+3].c1ccc(-c2ccccn2)nc1. The summed E-state index contributed by atoms with van der Waals surface area (Å²) in [6, 6.07) is 11.6. The first-order valence-corrected chi connectivity index (χ1v) is 3.79. The molecule has 0 spiro atoms. The van der Waals surface area contributed by atoms with Gasteiger partial charge in [-0.1, -0.05) is 12.1 Å².